The fourth-order valence-corrected chi connectivity index (χ4v) is 3.53. The van der Waals surface area contributed by atoms with Crippen molar-refractivity contribution < 1.29 is 18.4 Å². The summed E-state index contributed by atoms with van der Waals surface area (Å²) in [6, 6.07) is 11.4. The van der Waals surface area contributed by atoms with E-state index in [1.54, 1.807) is 18.2 Å². The summed E-state index contributed by atoms with van der Waals surface area (Å²) >= 11 is 1.05. The number of amidine groups is 1. The van der Waals surface area contributed by atoms with Crippen molar-refractivity contribution in [3.8, 4) is 0 Å². The van der Waals surface area contributed by atoms with E-state index in [1.807, 2.05) is 0 Å². The van der Waals surface area contributed by atoms with Crippen molar-refractivity contribution in [3.63, 3.8) is 0 Å². The molecule has 1 aliphatic heterocycles. The number of aliphatic imine (C=N–C) groups is 1. The summed E-state index contributed by atoms with van der Waals surface area (Å²) < 4.78 is 27.2. The molecular formula is C18H15F2N3O2S. The zero-order valence-electron chi connectivity index (χ0n) is 13.8. The molecule has 8 heteroatoms. The van der Waals surface area contributed by atoms with Crippen molar-refractivity contribution >= 4 is 40.1 Å². The molecule has 2 amide bonds. The number of amides is 2. The van der Waals surface area contributed by atoms with Crippen LogP contribution in [0.4, 0.5) is 20.2 Å². The van der Waals surface area contributed by atoms with Gasteiger partial charge in [0.2, 0.25) is 11.8 Å². The highest BCUT2D eigenvalue weighted by Gasteiger charge is 2.41. The minimum atomic E-state index is -0.734. The molecule has 0 aromatic heterocycles. The van der Waals surface area contributed by atoms with Gasteiger partial charge in [-0.1, -0.05) is 30.0 Å². The normalized spacial score (nSPS) is 17.7. The average Bonchev–Trinajstić information content (AvgIpc) is 2.88. The first-order valence-corrected chi connectivity index (χ1v) is 8.65. The Morgan fingerprint density at radius 1 is 1.19 bits per heavy atom. The molecule has 3 rings (SSSR count). The summed E-state index contributed by atoms with van der Waals surface area (Å²) in [6.45, 7) is 0. The van der Waals surface area contributed by atoms with Crippen LogP contribution in [0.3, 0.4) is 0 Å². The van der Waals surface area contributed by atoms with E-state index in [-0.39, 0.29) is 12.1 Å². The van der Waals surface area contributed by atoms with E-state index in [4.69, 9.17) is 0 Å². The smallest absolute Gasteiger partial charge is 0.247 e. The summed E-state index contributed by atoms with van der Waals surface area (Å²) in [6.07, 6.45) is -0.0678. The average molecular weight is 375 g/mol. The van der Waals surface area contributed by atoms with Crippen LogP contribution in [-0.2, 0) is 9.59 Å². The first kappa shape index (κ1) is 18.1. The van der Waals surface area contributed by atoms with E-state index in [0.717, 1.165) is 16.7 Å². The number of imide groups is 1. The molecule has 0 saturated carbocycles. The lowest BCUT2D eigenvalue weighted by molar-refractivity contribution is -0.121. The Hall–Kier alpha value is -2.74. The van der Waals surface area contributed by atoms with Crippen molar-refractivity contribution in [2.24, 2.45) is 4.99 Å². The number of carbonyl (C=O) groups is 2. The zero-order chi connectivity index (χ0) is 18.7. The molecule has 1 fully saturated rings. The van der Waals surface area contributed by atoms with Gasteiger partial charge < -0.3 is 5.32 Å². The Bertz CT molecular complexity index is 888. The molecule has 1 aliphatic rings. The minimum Gasteiger partial charge on any atom is -0.335 e. The maximum absolute atomic E-state index is 13.9. The van der Waals surface area contributed by atoms with Crippen LogP contribution in [0, 0.1) is 11.6 Å². The Labute approximate surface area is 153 Å². The van der Waals surface area contributed by atoms with Gasteiger partial charge in [0.15, 0.2) is 5.17 Å². The van der Waals surface area contributed by atoms with Crippen molar-refractivity contribution in [2.75, 3.05) is 17.3 Å². The molecule has 0 radical (unpaired) electrons. The van der Waals surface area contributed by atoms with Crippen molar-refractivity contribution in [1.29, 1.82) is 0 Å². The van der Waals surface area contributed by atoms with Gasteiger partial charge in [-0.25, -0.2) is 13.7 Å². The molecule has 0 bridgehead atoms. The molecule has 2 aromatic carbocycles. The Morgan fingerprint density at radius 3 is 2.65 bits per heavy atom. The largest absolute Gasteiger partial charge is 0.335 e. The van der Waals surface area contributed by atoms with Gasteiger partial charge in [0, 0.05) is 19.2 Å². The molecular weight excluding hydrogens is 360 g/mol. The van der Waals surface area contributed by atoms with Crippen molar-refractivity contribution in [2.45, 2.75) is 11.7 Å². The molecule has 134 valence electrons. The van der Waals surface area contributed by atoms with Crippen molar-refractivity contribution in [3.05, 3.63) is 60.2 Å². The lowest BCUT2D eigenvalue weighted by Gasteiger charge is -2.16. The second kappa shape index (κ2) is 7.65. The molecule has 1 N–H and O–H groups in total. The summed E-state index contributed by atoms with van der Waals surface area (Å²) in [5, 5.41) is 2.54. The quantitative estimate of drug-likeness (QED) is 0.507. The number of rotatable bonds is 3. The number of nitrogens with one attached hydrogen (secondary N) is 1. The second-order valence-corrected chi connectivity index (χ2v) is 6.68. The number of nitrogens with zero attached hydrogens (tertiary/aromatic N) is 2. The summed E-state index contributed by atoms with van der Waals surface area (Å²) in [5.41, 5.74) is 0.416. The molecule has 5 nitrogen and oxygen atoms in total. The zero-order valence-corrected chi connectivity index (χ0v) is 14.6. The number of halogens is 2. The van der Waals surface area contributed by atoms with E-state index in [0.29, 0.717) is 10.9 Å². The molecule has 0 spiro atoms. The number of hydrogen-bond donors (Lipinski definition) is 1. The summed E-state index contributed by atoms with van der Waals surface area (Å²) in [5.74, 6) is -2.03. The fourth-order valence-electron chi connectivity index (χ4n) is 2.54. The number of thioether (sulfide) groups is 1. The summed E-state index contributed by atoms with van der Waals surface area (Å²) in [4.78, 5) is 29.7. The number of carbonyl (C=O) groups excluding carboxylic acids is 2. The van der Waals surface area contributed by atoms with Crippen LogP contribution >= 0.6 is 11.8 Å². The van der Waals surface area contributed by atoms with Gasteiger partial charge in [-0.3, -0.25) is 14.6 Å². The fraction of sp³-hybridized carbons (Fsp3) is 0.167. The second-order valence-electron chi connectivity index (χ2n) is 5.49. The highest BCUT2D eigenvalue weighted by Crippen LogP contribution is 2.32. The monoisotopic (exact) mass is 375 g/mol. The van der Waals surface area contributed by atoms with Crippen LogP contribution < -0.4 is 10.2 Å². The number of benzene rings is 2. The molecule has 1 atom stereocenters. The maximum Gasteiger partial charge on any atom is 0.247 e. The lowest BCUT2D eigenvalue weighted by Crippen LogP contribution is -2.32. The number of anilines is 2. The molecule has 26 heavy (non-hydrogen) atoms. The molecule has 2 aromatic rings. The molecule has 1 heterocycles. The van der Waals surface area contributed by atoms with E-state index >= 15 is 0 Å². The van der Waals surface area contributed by atoms with Crippen LogP contribution in [-0.4, -0.2) is 29.3 Å². The third-order valence-corrected chi connectivity index (χ3v) is 4.89. The maximum atomic E-state index is 13.9. The van der Waals surface area contributed by atoms with Crippen LogP contribution in [0.1, 0.15) is 6.42 Å². The molecule has 0 unspecified atom stereocenters. The third kappa shape index (κ3) is 3.75. The van der Waals surface area contributed by atoms with Gasteiger partial charge in [-0.2, -0.15) is 0 Å². The van der Waals surface area contributed by atoms with Gasteiger partial charge in [0.05, 0.1) is 5.69 Å². The molecule has 0 aliphatic carbocycles. The Kier molecular flexibility index (Phi) is 5.32. The van der Waals surface area contributed by atoms with Gasteiger partial charge in [0.25, 0.3) is 0 Å². The van der Waals surface area contributed by atoms with E-state index in [9.17, 15) is 18.4 Å². The van der Waals surface area contributed by atoms with Crippen LogP contribution in [0.15, 0.2) is 53.5 Å². The predicted molar refractivity (Wildman–Crippen MR) is 98.3 cm³/mol. The first-order chi connectivity index (χ1) is 12.5. The van der Waals surface area contributed by atoms with Crippen LogP contribution in [0.25, 0.3) is 0 Å². The van der Waals surface area contributed by atoms with E-state index in [2.05, 4.69) is 10.3 Å². The lowest BCUT2D eigenvalue weighted by atomic mass is 10.3. The number of para-hydroxylation sites is 1. The molecule has 1 saturated heterocycles. The topological polar surface area (TPSA) is 61.8 Å². The van der Waals surface area contributed by atoms with Gasteiger partial charge in [-0.05, 0) is 30.3 Å². The Balaban J connectivity index is 1.75. The first-order valence-electron chi connectivity index (χ1n) is 7.77. The van der Waals surface area contributed by atoms with Crippen LogP contribution in [0.2, 0.25) is 0 Å². The van der Waals surface area contributed by atoms with E-state index in [1.165, 1.54) is 37.4 Å². The minimum absolute atomic E-state index is 0.0568. The van der Waals surface area contributed by atoms with Crippen LogP contribution in [0.5, 0.6) is 0 Å². The van der Waals surface area contributed by atoms with E-state index < -0.39 is 28.7 Å². The summed E-state index contributed by atoms with van der Waals surface area (Å²) in [7, 11) is 1.52. The Morgan fingerprint density at radius 2 is 1.96 bits per heavy atom. The number of hydrogen-bond acceptors (Lipinski definition) is 4. The van der Waals surface area contributed by atoms with Gasteiger partial charge in [0.1, 0.15) is 16.9 Å². The van der Waals surface area contributed by atoms with Gasteiger partial charge in [-0.15, -0.1) is 0 Å². The highest BCUT2D eigenvalue weighted by atomic mass is 32.2. The highest BCUT2D eigenvalue weighted by molar-refractivity contribution is 8.15. The standard InChI is InChI=1S/C18H15F2N3O2S/c1-21-18(22-12-6-4-5-11(19)9-12)26-15-10-16(24)23(17(15)25)14-8-3-2-7-13(14)20/h2-9,15H,10H2,1H3,(H,21,22)/t15-/m1/s1. The predicted octanol–water partition coefficient (Wildman–Crippen LogP) is 3.43. The van der Waals surface area contributed by atoms with Crippen molar-refractivity contribution in [1.82, 2.24) is 0 Å². The SMILES string of the molecule is CN=C(Nc1cccc(F)c1)S[C@@H]1CC(=O)N(c2ccccc2F)C1=O. The third-order valence-electron chi connectivity index (χ3n) is 3.73. The van der Waals surface area contributed by atoms with Gasteiger partial charge >= 0.3 is 0 Å².